The zero-order valence-corrected chi connectivity index (χ0v) is 18.8. The van der Waals surface area contributed by atoms with Crippen LogP contribution in [0.3, 0.4) is 0 Å². The summed E-state index contributed by atoms with van der Waals surface area (Å²) in [5, 5.41) is 11.7. The Labute approximate surface area is 202 Å². The SMILES string of the molecule is c1ccc(-c2nnc(-c3ccccc3)c3c2cn2c4ccccc4nc(-c4ccccc4)c32)cc1. The third-order valence-electron chi connectivity index (χ3n) is 6.49. The molecule has 164 valence electrons. The highest BCUT2D eigenvalue weighted by atomic mass is 15.1. The third-order valence-corrected chi connectivity index (χ3v) is 6.49. The van der Waals surface area contributed by atoms with Gasteiger partial charge in [0.2, 0.25) is 0 Å². The molecular formula is C31H20N4. The standard InChI is InChI=1S/C31H20N4/c1-4-12-21(13-5-1)28-24-20-35-26-19-11-10-18-25(26)32-30(23-16-8-3-9-17-23)31(35)27(24)29(34-33-28)22-14-6-2-7-15-22/h1-20H. The summed E-state index contributed by atoms with van der Waals surface area (Å²) in [5.74, 6) is 0. The van der Waals surface area contributed by atoms with Gasteiger partial charge in [0, 0.05) is 33.7 Å². The summed E-state index contributed by atoms with van der Waals surface area (Å²) >= 11 is 0. The number of nitrogens with zero attached hydrogens (tertiary/aromatic N) is 4. The van der Waals surface area contributed by atoms with E-state index in [-0.39, 0.29) is 0 Å². The molecule has 7 aromatic rings. The minimum atomic E-state index is 0.858. The highest BCUT2D eigenvalue weighted by molar-refractivity contribution is 6.15. The summed E-state index contributed by atoms with van der Waals surface area (Å²) < 4.78 is 2.26. The molecule has 4 aromatic carbocycles. The van der Waals surface area contributed by atoms with Gasteiger partial charge in [-0.3, -0.25) is 0 Å². The van der Waals surface area contributed by atoms with Gasteiger partial charge in [0.15, 0.2) is 0 Å². The summed E-state index contributed by atoms with van der Waals surface area (Å²) in [6.45, 7) is 0. The fraction of sp³-hybridized carbons (Fsp3) is 0. The van der Waals surface area contributed by atoms with Crippen molar-refractivity contribution in [1.29, 1.82) is 0 Å². The lowest BCUT2D eigenvalue weighted by Crippen LogP contribution is -1.96. The van der Waals surface area contributed by atoms with Crippen LogP contribution in [0, 0.1) is 0 Å². The van der Waals surface area contributed by atoms with Crippen molar-refractivity contribution in [3.8, 4) is 33.8 Å². The second kappa shape index (κ2) is 7.89. The Morgan fingerprint density at radius 1 is 0.486 bits per heavy atom. The summed E-state index contributed by atoms with van der Waals surface area (Å²) in [7, 11) is 0. The zero-order valence-electron chi connectivity index (χ0n) is 18.8. The molecule has 0 atom stereocenters. The second-order valence-electron chi connectivity index (χ2n) is 8.58. The summed E-state index contributed by atoms with van der Waals surface area (Å²) in [4.78, 5) is 5.16. The van der Waals surface area contributed by atoms with Gasteiger partial charge < -0.3 is 4.40 Å². The molecule has 3 heterocycles. The molecule has 0 radical (unpaired) electrons. The average molecular weight is 449 g/mol. The predicted molar refractivity (Wildman–Crippen MR) is 142 cm³/mol. The molecule has 0 aliphatic heterocycles. The van der Waals surface area contributed by atoms with Crippen LogP contribution >= 0.6 is 0 Å². The van der Waals surface area contributed by atoms with Gasteiger partial charge in [-0.2, -0.15) is 0 Å². The molecule has 0 unspecified atom stereocenters. The highest BCUT2D eigenvalue weighted by Gasteiger charge is 2.21. The fourth-order valence-electron chi connectivity index (χ4n) is 4.89. The van der Waals surface area contributed by atoms with Crippen LogP contribution in [0.15, 0.2) is 121 Å². The molecule has 0 N–H and O–H groups in total. The van der Waals surface area contributed by atoms with E-state index in [1.165, 1.54) is 0 Å². The molecule has 0 spiro atoms. The average Bonchev–Trinajstić information content (AvgIpc) is 3.35. The van der Waals surface area contributed by atoms with Crippen molar-refractivity contribution in [2.75, 3.05) is 0 Å². The van der Waals surface area contributed by atoms with E-state index in [0.29, 0.717) is 0 Å². The molecule has 0 saturated heterocycles. The molecule has 0 bridgehead atoms. The van der Waals surface area contributed by atoms with E-state index in [4.69, 9.17) is 15.2 Å². The van der Waals surface area contributed by atoms with Crippen LogP contribution < -0.4 is 0 Å². The Morgan fingerprint density at radius 2 is 1.00 bits per heavy atom. The molecule has 0 amide bonds. The van der Waals surface area contributed by atoms with E-state index in [2.05, 4.69) is 77.3 Å². The Hall–Kier alpha value is -4.83. The second-order valence-corrected chi connectivity index (χ2v) is 8.58. The van der Waals surface area contributed by atoms with Crippen LogP contribution in [0.5, 0.6) is 0 Å². The molecule has 7 rings (SSSR count). The maximum absolute atomic E-state index is 5.16. The Kier molecular flexibility index (Phi) is 4.42. The zero-order chi connectivity index (χ0) is 23.2. The lowest BCUT2D eigenvalue weighted by molar-refractivity contribution is 1.06. The first kappa shape index (κ1) is 19.6. The quantitative estimate of drug-likeness (QED) is 0.282. The summed E-state index contributed by atoms with van der Waals surface area (Å²) in [5.41, 5.74) is 8.84. The molecule has 3 aromatic heterocycles. The Bertz CT molecular complexity index is 1820. The Morgan fingerprint density at radius 3 is 1.66 bits per heavy atom. The molecule has 0 saturated carbocycles. The van der Waals surface area contributed by atoms with Crippen molar-refractivity contribution in [3.05, 3.63) is 121 Å². The maximum atomic E-state index is 5.16. The van der Waals surface area contributed by atoms with Crippen LogP contribution in [0.4, 0.5) is 0 Å². The van der Waals surface area contributed by atoms with Crippen LogP contribution in [0.1, 0.15) is 0 Å². The maximum Gasteiger partial charge on any atom is 0.103 e. The molecular weight excluding hydrogens is 428 g/mol. The predicted octanol–water partition coefficient (Wildman–Crippen LogP) is 7.43. The molecule has 0 fully saturated rings. The van der Waals surface area contributed by atoms with Crippen molar-refractivity contribution in [2.24, 2.45) is 0 Å². The van der Waals surface area contributed by atoms with Crippen molar-refractivity contribution in [2.45, 2.75) is 0 Å². The number of hydrogen-bond donors (Lipinski definition) is 0. The lowest BCUT2D eigenvalue weighted by atomic mass is 10.0. The van der Waals surface area contributed by atoms with Gasteiger partial charge in [-0.15, -0.1) is 10.2 Å². The van der Waals surface area contributed by atoms with Crippen LogP contribution in [0.2, 0.25) is 0 Å². The lowest BCUT2D eigenvalue weighted by Gasteiger charge is -2.11. The minimum absolute atomic E-state index is 0.858. The molecule has 35 heavy (non-hydrogen) atoms. The third kappa shape index (κ3) is 3.11. The van der Waals surface area contributed by atoms with Gasteiger partial charge in [0.05, 0.1) is 22.2 Å². The smallest absolute Gasteiger partial charge is 0.103 e. The van der Waals surface area contributed by atoms with Crippen molar-refractivity contribution in [3.63, 3.8) is 0 Å². The summed E-state index contributed by atoms with van der Waals surface area (Å²) in [6.07, 6.45) is 2.20. The van der Waals surface area contributed by atoms with Gasteiger partial charge in [-0.05, 0) is 12.1 Å². The van der Waals surface area contributed by atoms with Gasteiger partial charge in [0.25, 0.3) is 0 Å². The van der Waals surface area contributed by atoms with Gasteiger partial charge in [0.1, 0.15) is 11.4 Å². The van der Waals surface area contributed by atoms with E-state index >= 15 is 0 Å². The highest BCUT2D eigenvalue weighted by Crippen LogP contribution is 2.40. The van der Waals surface area contributed by atoms with Gasteiger partial charge >= 0.3 is 0 Å². The van der Waals surface area contributed by atoms with Crippen molar-refractivity contribution < 1.29 is 0 Å². The topological polar surface area (TPSA) is 43.1 Å². The number of aromatic nitrogens is 4. The number of fused-ring (bicyclic) bond motifs is 5. The normalized spacial score (nSPS) is 11.4. The van der Waals surface area contributed by atoms with E-state index in [9.17, 15) is 0 Å². The van der Waals surface area contributed by atoms with Gasteiger partial charge in [-0.25, -0.2) is 4.98 Å². The first-order valence-corrected chi connectivity index (χ1v) is 11.6. The first-order chi connectivity index (χ1) is 17.4. The molecule has 4 heteroatoms. The summed E-state index contributed by atoms with van der Waals surface area (Å²) in [6, 6.07) is 39.2. The van der Waals surface area contributed by atoms with E-state index in [1.807, 2.05) is 48.5 Å². The number of rotatable bonds is 3. The van der Waals surface area contributed by atoms with Crippen LogP contribution in [-0.4, -0.2) is 19.6 Å². The van der Waals surface area contributed by atoms with Crippen LogP contribution in [-0.2, 0) is 0 Å². The van der Waals surface area contributed by atoms with Crippen molar-refractivity contribution >= 4 is 27.3 Å². The van der Waals surface area contributed by atoms with E-state index < -0.39 is 0 Å². The number of para-hydroxylation sites is 2. The van der Waals surface area contributed by atoms with Gasteiger partial charge in [-0.1, -0.05) is 103 Å². The Balaban J connectivity index is 1.72. The van der Waals surface area contributed by atoms with Crippen molar-refractivity contribution in [1.82, 2.24) is 19.6 Å². The largest absolute Gasteiger partial charge is 0.312 e. The number of hydrogen-bond acceptors (Lipinski definition) is 3. The number of benzene rings is 4. The van der Waals surface area contributed by atoms with E-state index in [0.717, 1.165) is 61.1 Å². The first-order valence-electron chi connectivity index (χ1n) is 11.6. The monoisotopic (exact) mass is 448 g/mol. The minimum Gasteiger partial charge on any atom is -0.312 e. The van der Waals surface area contributed by atoms with Crippen LogP contribution in [0.25, 0.3) is 61.1 Å². The molecule has 0 aliphatic rings. The molecule has 0 aliphatic carbocycles. The fourth-order valence-corrected chi connectivity index (χ4v) is 4.89. The molecule has 4 nitrogen and oxygen atoms in total. The van der Waals surface area contributed by atoms with E-state index in [1.54, 1.807) is 0 Å².